The second kappa shape index (κ2) is 4.42. The maximum Gasteiger partial charge on any atom is 0.252 e. The molecule has 1 fully saturated rings. The summed E-state index contributed by atoms with van der Waals surface area (Å²) in [7, 11) is 1.76. The monoisotopic (exact) mass is 257 g/mol. The number of nitrogens with one attached hydrogen (secondary N) is 2. The van der Waals surface area contributed by atoms with Crippen molar-refractivity contribution >= 4 is 22.5 Å². The molecule has 1 atom stereocenters. The molecule has 1 aromatic heterocycles. The van der Waals surface area contributed by atoms with Gasteiger partial charge in [-0.25, -0.2) is 0 Å². The minimum atomic E-state index is -0.0570. The molecule has 2 N–H and O–H groups in total. The summed E-state index contributed by atoms with van der Waals surface area (Å²) in [5.41, 5.74) is 1.62. The van der Waals surface area contributed by atoms with Crippen LogP contribution >= 0.6 is 0 Å². The number of nitrogens with zero attached hydrogens (tertiary/aromatic N) is 1. The number of benzene rings is 1. The maximum absolute atomic E-state index is 11.9. The number of aryl methyl sites for hydroxylation is 1. The van der Waals surface area contributed by atoms with Crippen molar-refractivity contribution in [3.8, 4) is 0 Å². The minimum absolute atomic E-state index is 0.0445. The average Bonchev–Trinajstić information content (AvgIpc) is 2.81. The summed E-state index contributed by atoms with van der Waals surface area (Å²) in [6.07, 6.45) is 0.448. The largest absolute Gasteiger partial charge is 0.379 e. The maximum atomic E-state index is 11.9. The molecule has 5 heteroatoms. The molecule has 2 aromatic rings. The van der Waals surface area contributed by atoms with Crippen molar-refractivity contribution in [2.45, 2.75) is 12.5 Å². The lowest BCUT2D eigenvalue weighted by molar-refractivity contribution is -0.119. The van der Waals surface area contributed by atoms with Gasteiger partial charge in [0.2, 0.25) is 5.91 Å². The molecule has 1 unspecified atom stereocenters. The first-order valence-corrected chi connectivity index (χ1v) is 6.27. The fourth-order valence-corrected chi connectivity index (χ4v) is 2.46. The molecule has 2 heterocycles. The number of hydrogen-bond acceptors (Lipinski definition) is 3. The highest BCUT2D eigenvalue weighted by Gasteiger charge is 2.21. The Balaban J connectivity index is 2.06. The Labute approximate surface area is 110 Å². The van der Waals surface area contributed by atoms with Gasteiger partial charge in [-0.15, -0.1) is 0 Å². The van der Waals surface area contributed by atoms with E-state index in [2.05, 4.69) is 10.6 Å². The van der Waals surface area contributed by atoms with Crippen LogP contribution in [0.4, 0.5) is 5.69 Å². The van der Waals surface area contributed by atoms with E-state index < -0.39 is 0 Å². The molecule has 0 saturated carbocycles. The van der Waals surface area contributed by atoms with Crippen LogP contribution in [0.1, 0.15) is 6.42 Å². The quantitative estimate of drug-likeness (QED) is 0.838. The van der Waals surface area contributed by atoms with Crippen LogP contribution < -0.4 is 16.2 Å². The lowest BCUT2D eigenvalue weighted by Crippen LogP contribution is -2.24. The van der Waals surface area contributed by atoms with Crippen molar-refractivity contribution in [2.24, 2.45) is 7.05 Å². The number of anilines is 1. The van der Waals surface area contributed by atoms with Crippen molar-refractivity contribution < 1.29 is 4.79 Å². The molecular weight excluding hydrogens is 242 g/mol. The van der Waals surface area contributed by atoms with Crippen LogP contribution in [0.25, 0.3) is 10.9 Å². The van der Waals surface area contributed by atoms with Crippen LogP contribution in [-0.4, -0.2) is 23.1 Å². The third kappa shape index (κ3) is 2.07. The Morgan fingerprint density at radius 2 is 2.11 bits per heavy atom. The first-order chi connectivity index (χ1) is 9.15. The molecule has 1 aromatic carbocycles. The van der Waals surface area contributed by atoms with Crippen LogP contribution in [-0.2, 0) is 11.8 Å². The molecule has 1 aliphatic heterocycles. The molecule has 0 bridgehead atoms. The van der Waals surface area contributed by atoms with Gasteiger partial charge >= 0.3 is 0 Å². The third-order valence-corrected chi connectivity index (χ3v) is 3.49. The van der Waals surface area contributed by atoms with E-state index in [-0.39, 0.29) is 17.5 Å². The van der Waals surface area contributed by atoms with E-state index in [1.54, 1.807) is 17.7 Å². The predicted octanol–water partition coefficient (Wildman–Crippen LogP) is 0.839. The number of pyridine rings is 1. The van der Waals surface area contributed by atoms with Crippen LogP contribution in [0.5, 0.6) is 0 Å². The zero-order valence-electron chi connectivity index (χ0n) is 10.6. The lowest BCUT2D eigenvalue weighted by atomic mass is 10.1. The van der Waals surface area contributed by atoms with Crippen LogP contribution in [0.2, 0.25) is 0 Å². The average molecular weight is 257 g/mol. The summed E-state index contributed by atoms with van der Waals surface area (Å²) in [6, 6.07) is 9.37. The molecule has 98 valence electrons. The van der Waals surface area contributed by atoms with Crippen molar-refractivity contribution in [3.05, 3.63) is 40.7 Å². The fourth-order valence-electron chi connectivity index (χ4n) is 2.46. The van der Waals surface area contributed by atoms with E-state index in [1.807, 2.05) is 24.3 Å². The van der Waals surface area contributed by atoms with E-state index in [9.17, 15) is 9.59 Å². The summed E-state index contributed by atoms with van der Waals surface area (Å²) in [5, 5.41) is 7.05. The highest BCUT2D eigenvalue weighted by Crippen LogP contribution is 2.22. The molecular formula is C14H15N3O2. The van der Waals surface area contributed by atoms with E-state index in [0.29, 0.717) is 13.0 Å². The van der Waals surface area contributed by atoms with Gasteiger partial charge in [0.05, 0.1) is 11.6 Å². The molecule has 3 rings (SSSR count). The Bertz CT molecular complexity index is 705. The van der Waals surface area contributed by atoms with Gasteiger partial charge in [0.15, 0.2) is 0 Å². The van der Waals surface area contributed by atoms with Gasteiger partial charge in [-0.2, -0.15) is 0 Å². The number of amides is 1. The number of hydrogen-bond donors (Lipinski definition) is 2. The van der Waals surface area contributed by atoms with Crippen molar-refractivity contribution in [1.29, 1.82) is 0 Å². The Kier molecular flexibility index (Phi) is 2.74. The van der Waals surface area contributed by atoms with E-state index in [0.717, 1.165) is 16.6 Å². The molecule has 1 saturated heterocycles. The normalized spacial score (nSPS) is 18.6. The van der Waals surface area contributed by atoms with Crippen molar-refractivity contribution in [3.63, 3.8) is 0 Å². The van der Waals surface area contributed by atoms with Gasteiger partial charge in [0, 0.05) is 37.2 Å². The standard InChI is InChI=1S/C14H15N3O2/c1-17-12-5-3-2-4-10(12)11(7-14(17)19)16-9-6-13(18)15-8-9/h2-5,7,9,16H,6,8H2,1H3,(H,15,18). The zero-order valence-corrected chi connectivity index (χ0v) is 10.6. The number of fused-ring (bicyclic) bond motifs is 1. The second-order valence-electron chi connectivity index (χ2n) is 4.82. The van der Waals surface area contributed by atoms with Crippen molar-refractivity contribution in [2.75, 3.05) is 11.9 Å². The minimum Gasteiger partial charge on any atom is -0.379 e. The van der Waals surface area contributed by atoms with Gasteiger partial charge in [-0.1, -0.05) is 18.2 Å². The molecule has 19 heavy (non-hydrogen) atoms. The summed E-state index contributed by atoms with van der Waals surface area (Å²) in [4.78, 5) is 23.1. The summed E-state index contributed by atoms with van der Waals surface area (Å²) < 4.78 is 1.62. The Morgan fingerprint density at radius 3 is 2.84 bits per heavy atom. The smallest absolute Gasteiger partial charge is 0.252 e. The van der Waals surface area contributed by atoms with Gasteiger partial charge in [-0.3, -0.25) is 9.59 Å². The number of rotatable bonds is 2. The lowest BCUT2D eigenvalue weighted by Gasteiger charge is -2.15. The molecule has 1 amide bonds. The zero-order chi connectivity index (χ0) is 13.4. The first-order valence-electron chi connectivity index (χ1n) is 6.27. The predicted molar refractivity (Wildman–Crippen MR) is 74.2 cm³/mol. The second-order valence-corrected chi connectivity index (χ2v) is 4.82. The highest BCUT2D eigenvalue weighted by atomic mass is 16.2. The molecule has 0 spiro atoms. The number of para-hydroxylation sites is 1. The Hall–Kier alpha value is -2.30. The van der Waals surface area contributed by atoms with Gasteiger partial charge in [-0.05, 0) is 6.07 Å². The van der Waals surface area contributed by atoms with E-state index in [4.69, 9.17) is 0 Å². The summed E-state index contributed by atoms with van der Waals surface area (Å²) in [6.45, 7) is 0.600. The number of carbonyl (C=O) groups is 1. The first kappa shape index (κ1) is 11.8. The molecule has 5 nitrogen and oxygen atoms in total. The number of carbonyl (C=O) groups excluding carboxylic acids is 1. The van der Waals surface area contributed by atoms with E-state index >= 15 is 0 Å². The van der Waals surface area contributed by atoms with Crippen molar-refractivity contribution in [1.82, 2.24) is 9.88 Å². The van der Waals surface area contributed by atoms with Gasteiger partial charge < -0.3 is 15.2 Å². The summed E-state index contributed by atoms with van der Waals surface area (Å²) in [5.74, 6) is 0.0469. The Morgan fingerprint density at radius 1 is 1.32 bits per heavy atom. The summed E-state index contributed by atoms with van der Waals surface area (Å²) >= 11 is 0. The fraction of sp³-hybridized carbons (Fsp3) is 0.286. The topological polar surface area (TPSA) is 63.1 Å². The number of aromatic nitrogens is 1. The molecule has 0 aliphatic carbocycles. The highest BCUT2D eigenvalue weighted by molar-refractivity contribution is 5.92. The molecule has 1 aliphatic rings. The SMILES string of the molecule is Cn1c(=O)cc(NC2CNC(=O)C2)c2ccccc21. The third-order valence-electron chi connectivity index (χ3n) is 3.49. The van der Waals surface area contributed by atoms with E-state index in [1.165, 1.54) is 0 Å². The van der Waals surface area contributed by atoms with Crippen LogP contribution in [0.15, 0.2) is 35.1 Å². The van der Waals surface area contributed by atoms with Gasteiger partial charge in [0.1, 0.15) is 0 Å². The van der Waals surface area contributed by atoms with Crippen LogP contribution in [0, 0.1) is 0 Å². The van der Waals surface area contributed by atoms with Crippen LogP contribution in [0.3, 0.4) is 0 Å². The van der Waals surface area contributed by atoms with Gasteiger partial charge in [0.25, 0.3) is 5.56 Å². The molecule has 0 radical (unpaired) electrons.